The topological polar surface area (TPSA) is 9.23 Å². The fourth-order valence-electron chi connectivity index (χ4n) is 1.21. The van der Waals surface area contributed by atoms with Crippen LogP contribution in [0.1, 0.15) is 12.0 Å². The lowest BCUT2D eigenvalue weighted by atomic mass is 10.1. The van der Waals surface area contributed by atoms with Crippen molar-refractivity contribution in [2.75, 3.05) is 5.33 Å². The van der Waals surface area contributed by atoms with Gasteiger partial charge in [0.2, 0.25) is 0 Å². The van der Waals surface area contributed by atoms with Crippen molar-refractivity contribution in [3.8, 4) is 5.75 Å². The molecule has 16 heavy (non-hydrogen) atoms. The minimum Gasteiger partial charge on any atom is -0.405 e. The lowest BCUT2D eigenvalue weighted by Gasteiger charge is -2.13. The van der Waals surface area contributed by atoms with E-state index in [2.05, 4.69) is 20.7 Å². The zero-order chi connectivity index (χ0) is 12.2. The van der Waals surface area contributed by atoms with E-state index < -0.39 is 6.36 Å². The molecule has 0 heterocycles. The Morgan fingerprint density at radius 2 is 2.00 bits per heavy atom. The van der Waals surface area contributed by atoms with Crippen LogP contribution in [0.5, 0.6) is 5.75 Å². The molecule has 0 unspecified atom stereocenters. The maximum absolute atomic E-state index is 12.1. The lowest BCUT2D eigenvalue weighted by molar-refractivity contribution is -0.274. The van der Waals surface area contributed by atoms with E-state index in [1.807, 2.05) is 0 Å². The molecule has 1 nitrogen and oxygen atoms in total. The Hall–Kier alpha value is -0.420. The summed E-state index contributed by atoms with van der Waals surface area (Å²) in [6.07, 6.45) is -3.45. The summed E-state index contributed by atoms with van der Waals surface area (Å²) in [5, 5.41) is 0.947. The number of ether oxygens (including phenoxy) is 1. The number of halogens is 5. The molecular formula is C10H9BrClF3O. The Kier molecular flexibility index (Phi) is 4.92. The van der Waals surface area contributed by atoms with Gasteiger partial charge in [-0.1, -0.05) is 33.6 Å². The molecule has 1 aromatic rings. The number of hydrogen-bond acceptors (Lipinski definition) is 1. The Morgan fingerprint density at radius 1 is 1.31 bits per heavy atom. The van der Waals surface area contributed by atoms with E-state index in [4.69, 9.17) is 11.6 Å². The van der Waals surface area contributed by atoms with Gasteiger partial charge in [0.25, 0.3) is 0 Å². The van der Waals surface area contributed by atoms with Crippen molar-refractivity contribution in [3.05, 3.63) is 28.8 Å². The second-order valence-corrected chi connectivity index (χ2v) is 4.32. The van der Waals surface area contributed by atoms with Gasteiger partial charge in [-0.05, 0) is 30.5 Å². The molecule has 0 aliphatic carbocycles. The van der Waals surface area contributed by atoms with Gasteiger partial charge in [0.1, 0.15) is 5.75 Å². The van der Waals surface area contributed by atoms with Gasteiger partial charge in [-0.2, -0.15) is 0 Å². The van der Waals surface area contributed by atoms with Crippen molar-refractivity contribution in [2.24, 2.45) is 0 Å². The molecule has 6 heteroatoms. The van der Waals surface area contributed by atoms with E-state index in [1.165, 1.54) is 6.07 Å². The Bertz CT molecular complexity index is 354. The molecule has 0 N–H and O–H groups in total. The lowest BCUT2D eigenvalue weighted by Crippen LogP contribution is -2.18. The number of alkyl halides is 4. The second kappa shape index (κ2) is 5.77. The molecular weight excluding hydrogens is 308 g/mol. The highest BCUT2D eigenvalue weighted by Crippen LogP contribution is 2.30. The Labute approximate surface area is 105 Å². The molecule has 0 saturated carbocycles. The van der Waals surface area contributed by atoms with E-state index >= 15 is 0 Å². The monoisotopic (exact) mass is 316 g/mol. The quantitative estimate of drug-likeness (QED) is 0.739. The Morgan fingerprint density at radius 3 is 2.56 bits per heavy atom. The summed E-state index contributed by atoms with van der Waals surface area (Å²) in [7, 11) is 0. The molecule has 0 amide bonds. The van der Waals surface area contributed by atoms with E-state index in [1.54, 1.807) is 12.1 Å². The minimum atomic E-state index is -4.69. The standard InChI is InChI=1S/C10H9BrClF3O/c11-5-1-2-7-3-4-8(12)6-9(7)16-10(13,14)15/h3-4,6H,1-2,5H2. The average Bonchev–Trinajstić information content (AvgIpc) is 2.14. The zero-order valence-corrected chi connectivity index (χ0v) is 10.5. The number of hydrogen-bond donors (Lipinski definition) is 0. The molecule has 0 radical (unpaired) electrons. The third kappa shape index (κ3) is 4.61. The molecule has 90 valence electrons. The smallest absolute Gasteiger partial charge is 0.405 e. The first-order chi connectivity index (χ1) is 7.42. The first kappa shape index (κ1) is 13.6. The number of rotatable bonds is 4. The maximum atomic E-state index is 12.1. The van der Waals surface area contributed by atoms with Crippen LogP contribution in [0.3, 0.4) is 0 Å². The average molecular weight is 318 g/mol. The first-order valence-corrected chi connectivity index (χ1v) is 6.02. The van der Waals surface area contributed by atoms with Gasteiger partial charge in [-0.15, -0.1) is 13.2 Å². The van der Waals surface area contributed by atoms with Gasteiger partial charge in [0, 0.05) is 10.4 Å². The van der Waals surface area contributed by atoms with Crippen LogP contribution in [0, 0.1) is 0 Å². The molecule has 0 saturated heterocycles. The molecule has 0 aliphatic rings. The van der Waals surface area contributed by atoms with Gasteiger partial charge >= 0.3 is 6.36 Å². The molecule has 0 atom stereocenters. The summed E-state index contributed by atoms with van der Waals surface area (Å²) >= 11 is 8.84. The minimum absolute atomic E-state index is 0.221. The van der Waals surface area contributed by atoms with Crippen LogP contribution in [-0.2, 0) is 6.42 Å². The predicted octanol–water partition coefficient (Wildman–Crippen LogP) is 4.57. The van der Waals surface area contributed by atoms with Crippen LogP contribution >= 0.6 is 27.5 Å². The largest absolute Gasteiger partial charge is 0.573 e. The van der Waals surface area contributed by atoms with E-state index in [-0.39, 0.29) is 10.8 Å². The van der Waals surface area contributed by atoms with Crippen molar-refractivity contribution in [2.45, 2.75) is 19.2 Å². The highest BCUT2D eigenvalue weighted by Gasteiger charge is 2.32. The van der Waals surface area contributed by atoms with Gasteiger partial charge in [-0.25, -0.2) is 0 Å². The van der Waals surface area contributed by atoms with Crippen LogP contribution in [0.15, 0.2) is 18.2 Å². The molecule has 0 aromatic heterocycles. The summed E-state index contributed by atoms with van der Waals surface area (Å²) in [5.74, 6) is -0.221. The molecule has 0 spiro atoms. The van der Waals surface area contributed by atoms with Crippen molar-refractivity contribution >= 4 is 27.5 Å². The van der Waals surface area contributed by atoms with Gasteiger partial charge in [-0.3, -0.25) is 0 Å². The summed E-state index contributed by atoms with van der Waals surface area (Å²) in [4.78, 5) is 0. The highest BCUT2D eigenvalue weighted by molar-refractivity contribution is 9.09. The van der Waals surface area contributed by atoms with Gasteiger partial charge in [0.15, 0.2) is 0 Å². The molecule has 1 aromatic carbocycles. The van der Waals surface area contributed by atoms with Crippen molar-refractivity contribution in [3.63, 3.8) is 0 Å². The molecule has 0 fully saturated rings. The SMILES string of the molecule is FC(F)(F)Oc1cc(Cl)ccc1CCCBr. The van der Waals surface area contributed by atoms with E-state index in [9.17, 15) is 13.2 Å². The first-order valence-electron chi connectivity index (χ1n) is 4.52. The van der Waals surface area contributed by atoms with Crippen LogP contribution in [0.25, 0.3) is 0 Å². The third-order valence-corrected chi connectivity index (χ3v) is 2.63. The zero-order valence-electron chi connectivity index (χ0n) is 8.15. The number of benzene rings is 1. The highest BCUT2D eigenvalue weighted by atomic mass is 79.9. The summed E-state index contributed by atoms with van der Waals surface area (Å²) < 4.78 is 40.2. The summed E-state index contributed by atoms with van der Waals surface area (Å²) in [5.41, 5.74) is 0.501. The molecule has 0 bridgehead atoms. The maximum Gasteiger partial charge on any atom is 0.573 e. The van der Waals surface area contributed by atoms with Crippen molar-refractivity contribution < 1.29 is 17.9 Å². The van der Waals surface area contributed by atoms with Gasteiger partial charge < -0.3 is 4.74 Å². The van der Waals surface area contributed by atoms with Crippen LogP contribution in [0.2, 0.25) is 5.02 Å². The molecule has 1 rings (SSSR count). The third-order valence-electron chi connectivity index (χ3n) is 1.83. The van der Waals surface area contributed by atoms with Crippen molar-refractivity contribution in [1.82, 2.24) is 0 Å². The normalized spacial score (nSPS) is 11.6. The molecule has 0 aliphatic heterocycles. The van der Waals surface area contributed by atoms with Crippen molar-refractivity contribution in [1.29, 1.82) is 0 Å². The summed E-state index contributed by atoms with van der Waals surface area (Å²) in [6, 6.07) is 4.28. The fraction of sp³-hybridized carbons (Fsp3) is 0.400. The van der Waals surface area contributed by atoms with E-state index in [0.29, 0.717) is 12.0 Å². The fourth-order valence-corrected chi connectivity index (χ4v) is 1.65. The predicted molar refractivity (Wildman–Crippen MR) is 60.3 cm³/mol. The van der Waals surface area contributed by atoms with Crippen LogP contribution < -0.4 is 4.74 Å². The second-order valence-electron chi connectivity index (χ2n) is 3.09. The van der Waals surface area contributed by atoms with E-state index in [0.717, 1.165) is 11.8 Å². The number of aryl methyl sites for hydroxylation is 1. The summed E-state index contributed by atoms with van der Waals surface area (Å²) in [6.45, 7) is 0. The van der Waals surface area contributed by atoms with Crippen LogP contribution in [-0.4, -0.2) is 11.7 Å². The Balaban J connectivity index is 2.89. The van der Waals surface area contributed by atoms with Crippen LogP contribution in [0.4, 0.5) is 13.2 Å². The van der Waals surface area contributed by atoms with Gasteiger partial charge in [0.05, 0.1) is 0 Å².